The zero-order valence-electron chi connectivity index (χ0n) is 14.6. The number of thiazole rings is 1. The zero-order chi connectivity index (χ0) is 18.1. The Bertz CT molecular complexity index is 894. The van der Waals surface area contributed by atoms with Gasteiger partial charge in [0, 0.05) is 38.3 Å². The molecule has 0 aliphatic carbocycles. The average molecular weight is 455 g/mol. The van der Waals surface area contributed by atoms with Crippen molar-refractivity contribution in [1.29, 1.82) is 0 Å². The summed E-state index contributed by atoms with van der Waals surface area (Å²) in [6.45, 7) is 3.39. The number of rotatable bonds is 4. The maximum atomic E-state index is 13.3. The zero-order valence-corrected chi connectivity index (χ0v) is 17.2. The highest BCUT2D eigenvalue weighted by Gasteiger charge is 2.22. The van der Waals surface area contributed by atoms with Gasteiger partial charge in [0.05, 0.1) is 21.4 Å². The van der Waals surface area contributed by atoms with Crippen molar-refractivity contribution in [3.63, 3.8) is 0 Å². The Morgan fingerprint density at radius 2 is 1.67 bits per heavy atom. The fourth-order valence-corrected chi connectivity index (χ4v) is 4.35. The second-order valence-corrected chi connectivity index (χ2v) is 7.61. The van der Waals surface area contributed by atoms with E-state index in [1.54, 1.807) is 6.07 Å². The molecule has 8 heteroatoms. The van der Waals surface area contributed by atoms with Gasteiger partial charge in [-0.15, -0.1) is 28.3 Å². The van der Waals surface area contributed by atoms with E-state index in [2.05, 4.69) is 14.8 Å². The van der Waals surface area contributed by atoms with E-state index < -0.39 is 0 Å². The van der Waals surface area contributed by atoms with Gasteiger partial charge in [-0.1, -0.05) is 0 Å². The molecule has 3 aromatic rings. The van der Waals surface area contributed by atoms with Gasteiger partial charge in [-0.2, -0.15) is 0 Å². The smallest absolute Gasteiger partial charge is 0.124 e. The summed E-state index contributed by atoms with van der Waals surface area (Å²) in [7, 11) is 0. The summed E-state index contributed by atoms with van der Waals surface area (Å²) in [5, 5.41) is 0.930. The van der Waals surface area contributed by atoms with Crippen LogP contribution >= 0.6 is 28.3 Å². The van der Waals surface area contributed by atoms with Gasteiger partial charge in [0.2, 0.25) is 0 Å². The lowest BCUT2D eigenvalue weighted by molar-refractivity contribution is 0.187. The number of nitrogens with zero attached hydrogens (tertiary/aromatic N) is 3. The van der Waals surface area contributed by atoms with Crippen molar-refractivity contribution >= 4 is 44.2 Å². The lowest BCUT2D eigenvalue weighted by atomic mass is 10.2. The number of fused-ring (bicyclic) bond motifs is 1. The summed E-state index contributed by atoms with van der Waals surface area (Å²) < 4.78 is 27.2. The Kier molecular flexibility index (Phi) is 6.41. The van der Waals surface area contributed by atoms with E-state index in [1.807, 2.05) is 12.1 Å². The van der Waals surface area contributed by atoms with Crippen molar-refractivity contribution in [2.24, 2.45) is 5.73 Å². The summed E-state index contributed by atoms with van der Waals surface area (Å²) in [6.07, 6.45) is 0.535. The largest absolute Gasteiger partial charge is 0.369 e. The Labute approximate surface area is 171 Å². The molecule has 2 heterocycles. The minimum Gasteiger partial charge on any atom is -0.369 e. The van der Waals surface area contributed by atoms with Crippen molar-refractivity contribution in [1.82, 2.24) is 9.88 Å². The summed E-state index contributed by atoms with van der Waals surface area (Å²) >= 11 is 1.50. The van der Waals surface area contributed by atoms with Crippen LogP contribution in [0.2, 0.25) is 0 Å². The first kappa shape index (κ1) is 20.1. The molecule has 0 radical (unpaired) electrons. The van der Waals surface area contributed by atoms with Crippen molar-refractivity contribution in [2.75, 3.05) is 31.1 Å². The molecule has 1 fully saturated rings. The van der Waals surface area contributed by atoms with Gasteiger partial charge in [0.1, 0.15) is 11.6 Å². The molecule has 1 aliphatic heterocycles. The topological polar surface area (TPSA) is 45.4 Å². The van der Waals surface area contributed by atoms with Gasteiger partial charge in [0.25, 0.3) is 0 Å². The molecule has 144 valence electrons. The van der Waals surface area contributed by atoms with Gasteiger partial charge in [-0.25, -0.2) is 13.8 Å². The van der Waals surface area contributed by atoms with E-state index in [1.165, 1.54) is 35.6 Å². The van der Waals surface area contributed by atoms with Crippen LogP contribution in [0.3, 0.4) is 0 Å². The standard InChI is InChI=1S/C19H20F2N4S.BrH/c20-13-1-4-15(5-2-13)24-7-9-25(10-8-24)18(22)12-19-23-16-6-3-14(21)11-17(16)26-19;/h1-6,11,18H,7-10,12,22H2;1H. The van der Waals surface area contributed by atoms with Crippen molar-refractivity contribution in [3.8, 4) is 0 Å². The Morgan fingerprint density at radius 3 is 2.37 bits per heavy atom. The van der Waals surface area contributed by atoms with Crippen LogP contribution in [0.1, 0.15) is 5.01 Å². The van der Waals surface area contributed by atoms with E-state index in [-0.39, 0.29) is 34.8 Å². The second-order valence-electron chi connectivity index (χ2n) is 6.49. The first-order valence-corrected chi connectivity index (χ1v) is 9.45. The van der Waals surface area contributed by atoms with Crippen LogP contribution in [0.25, 0.3) is 10.2 Å². The van der Waals surface area contributed by atoms with E-state index in [4.69, 9.17) is 5.73 Å². The lowest BCUT2D eigenvalue weighted by Crippen LogP contribution is -2.54. The highest BCUT2D eigenvalue weighted by Crippen LogP contribution is 2.24. The number of hydrogen-bond acceptors (Lipinski definition) is 5. The molecule has 1 unspecified atom stereocenters. The van der Waals surface area contributed by atoms with E-state index in [0.29, 0.717) is 6.42 Å². The van der Waals surface area contributed by atoms with E-state index >= 15 is 0 Å². The molecule has 0 spiro atoms. The monoisotopic (exact) mass is 454 g/mol. The molecule has 1 atom stereocenters. The van der Waals surface area contributed by atoms with Crippen molar-refractivity contribution in [3.05, 3.63) is 59.1 Å². The number of anilines is 1. The number of hydrogen-bond donors (Lipinski definition) is 1. The number of aromatic nitrogens is 1. The third-order valence-corrected chi connectivity index (χ3v) is 5.79. The maximum Gasteiger partial charge on any atom is 0.124 e. The fraction of sp³-hybridized carbons (Fsp3) is 0.316. The van der Waals surface area contributed by atoms with Crippen LogP contribution in [-0.2, 0) is 6.42 Å². The van der Waals surface area contributed by atoms with Crippen LogP contribution < -0.4 is 10.6 Å². The van der Waals surface area contributed by atoms with Crippen LogP contribution in [0.15, 0.2) is 42.5 Å². The van der Waals surface area contributed by atoms with Gasteiger partial charge in [-0.3, -0.25) is 4.90 Å². The summed E-state index contributed by atoms with van der Waals surface area (Å²) in [5.74, 6) is -0.459. The summed E-state index contributed by atoms with van der Waals surface area (Å²) in [5.41, 5.74) is 8.24. The third-order valence-electron chi connectivity index (χ3n) is 4.75. The highest BCUT2D eigenvalue weighted by molar-refractivity contribution is 8.93. The molecule has 0 bridgehead atoms. The van der Waals surface area contributed by atoms with Gasteiger partial charge >= 0.3 is 0 Å². The molecule has 4 rings (SSSR count). The second kappa shape index (κ2) is 8.60. The van der Waals surface area contributed by atoms with E-state index in [9.17, 15) is 8.78 Å². The molecule has 27 heavy (non-hydrogen) atoms. The van der Waals surface area contributed by atoms with Crippen LogP contribution in [0, 0.1) is 11.6 Å². The quantitative estimate of drug-likeness (QED) is 0.650. The summed E-state index contributed by atoms with van der Waals surface area (Å²) in [6, 6.07) is 11.3. The number of nitrogens with two attached hydrogens (primary N) is 1. The number of halogens is 3. The lowest BCUT2D eigenvalue weighted by Gasteiger charge is -2.38. The first-order valence-electron chi connectivity index (χ1n) is 8.63. The van der Waals surface area contributed by atoms with Gasteiger partial charge < -0.3 is 10.6 Å². The predicted molar refractivity (Wildman–Crippen MR) is 112 cm³/mol. The Hall–Kier alpha value is -1.61. The fourth-order valence-electron chi connectivity index (χ4n) is 3.31. The molecule has 2 N–H and O–H groups in total. The molecular formula is C19H21BrF2N4S. The first-order chi connectivity index (χ1) is 12.6. The molecule has 1 aromatic heterocycles. The predicted octanol–water partition coefficient (Wildman–Crippen LogP) is 3.80. The van der Waals surface area contributed by atoms with Crippen LogP contribution in [0.5, 0.6) is 0 Å². The normalized spacial score (nSPS) is 16.3. The SMILES string of the molecule is Br.NC(Cc1nc2ccc(F)cc2s1)N1CCN(c2ccc(F)cc2)CC1. The molecule has 4 nitrogen and oxygen atoms in total. The van der Waals surface area contributed by atoms with E-state index in [0.717, 1.165) is 47.1 Å². The highest BCUT2D eigenvalue weighted by atomic mass is 79.9. The average Bonchev–Trinajstić information content (AvgIpc) is 3.03. The minimum atomic E-state index is -0.242. The van der Waals surface area contributed by atoms with Crippen molar-refractivity contribution < 1.29 is 8.78 Å². The number of benzene rings is 2. The molecule has 0 saturated carbocycles. The van der Waals surface area contributed by atoms with Gasteiger partial charge in [-0.05, 0) is 42.5 Å². The molecule has 1 saturated heterocycles. The minimum absolute atomic E-state index is 0. The van der Waals surface area contributed by atoms with Gasteiger partial charge in [0.15, 0.2) is 0 Å². The van der Waals surface area contributed by atoms with Crippen LogP contribution in [0.4, 0.5) is 14.5 Å². The maximum absolute atomic E-state index is 13.3. The summed E-state index contributed by atoms with van der Waals surface area (Å²) in [4.78, 5) is 9.04. The molecule has 1 aliphatic rings. The Balaban J connectivity index is 0.00000210. The third kappa shape index (κ3) is 4.63. The van der Waals surface area contributed by atoms with Crippen LogP contribution in [-0.4, -0.2) is 42.2 Å². The Morgan fingerprint density at radius 1 is 1.00 bits per heavy atom. The molecule has 2 aromatic carbocycles. The molecular weight excluding hydrogens is 434 g/mol. The molecule has 0 amide bonds. The number of piperazine rings is 1. The van der Waals surface area contributed by atoms with Crippen molar-refractivity contribution in [2.45, 2.75) is 12.6 Å².